The molecule has 7 heteroatoms. The van der Waals surface area contributed by atoms with Crippen LogP contribution >= 0.6 is 15.9 Å². The van der Waals surface area contributed by atoms with Gasteiger partial charge in [0.2, 0.25) is 0 Å². The highest BCUT2D eigenvalue weighted by atomic mass is 79.9. The third-order valence-electron chi connectivity index (χ3n) is 4.14. The molecule has 2 heterocycles. The van der Waals surface area contributed by atoms with Gasteiger partial charge in [-0.25, -0.2) is 0 Å². The van der Waals surface area contributed by atoms with Crippen LogP contribution in [0.5, 0.6) is 0 Å². The summed E-state index contributed by atoms with van der Waals surface area (Å²) in [7, 11) is 0. The fourth-order valence-corrected chi connectivity index (χ4v) is 3.29. The van der Waals surface area contributed by atoms with Crippen molar-refractivity contribution < 1.29 is 13.2 Å². The summed E-state index contributed by atoms with van der Waals surface area (Å²) in [6.45, 7) is 5.20. The van der Waals surface area contributed by atoms with Gasteiger partial charge in [-0.05, 0) is 18.2 Å². The Balaban J connectivity index is 1.72. The van der Waals surface area contributed by atoms with Gasteiger partial charge < -0.3 is 10.2 Å². The topological polar surface area (TPSA) is 18.5 Å². The average molecular weight is 364 g/mol. The molecule has 21 heavy (non-hydrogen) atoms. The smallest absolute Gasteiger partial charge is 0.368 e. The molecule has 0 unspecified atom stereocenters. The molecule has 0 aromatic heterocycles. The van der Waals surface area contributed by atoms with Crippen molar-refractivity contribution >= 4 is 21.6 Å². The van der Waals surface area contributed by atoms with E-state index in [9.17, 15) is 13.2 Å². The van der Waals surface area contributed by atoms with Crippen molar-refractivity contribution in [2.75, 3.05) is 44.2 Å². The van der Waals surface area contributed by atoms with Gasteiger partial charge in [-0.3, -0.25) is 4.90 Å². The number of halogens is 4. The Bertz CT molecular complexity index is 509. The van der Waals surface area contributed by atoms with E-state index in [4.69, 9.17) is 0 Å². The van der Waals surface area contributed by atoms with Crippen LogP contribution in [0.1, 0.15) is 5.56 Å². The number of nitrogens with one attached hydrogen (secondary N) is 1. The van der Waals surface area contributed by atoms with Crippen LogP contribution in [0.3, 0.4) is 0 Å². The highest BCUT2D eigenvalue weighted by Gasteiger charge is 2.39. The van der Waals surface area contributed by atoms with Gasteiger partial charge in [0.05, 0.1) is 11.3 Å². The minimum Gasteiger partial charge on any atom is -0.368 e. The van der Waals surface area contributed by atoms with Crippen LogP contribution in [0.4, 0.5) is 18.9 Å². The van der Waals surface area contributed by atoms with Crippen LogP contribution in [0, 0.1) is 0 Å². The number of alkyl halides is 3. The lowest BCUT2D eigenvalue weighted by Crippen LogP contribution is -2.63. The third-order valence-corrected chi connectivity index (χ3v) is 4.63. The van der Waals surface area contributed by atoms with Gasteiger partial charge in [-0.2, -0.15) is 13.2 Å². The Morgan fingerprint density at radius 2 is 1.81 bits per heavy atom. The largest absolute Gasteiger partial charge is 0.418 e. The van der Waals surface area contributed by atoms with E-state index < -0.39 is 11.7 Å². The van der Waals surface area contributed by atoms with Crippen molar-refractivity contribution in [3.63, 3.8) is 0 Å². The first-order valence-electron chi connectivity index (χ1n) is 7.01. The summed E-state index contributed by atoms with van der Waals surface area (Å²) in [5, 5.41) is 3.29. The van der Waals surface area contributed by atoms with Crippen molar-refractivity contribution in [2.24, 2.45) is 0 Å². The molecule has 1 aromatic carbocycles. The standard InChI is InChI=1S/C14H17BrF3N3/c15-10-1-2-12(14(16,17)18)13(7-10)21-8-11(9-21)20-5-3-19-4-6-20/h1-2,7,11,19H,3-6,8-9H2. The monoisotopic (exact) mass is 363 g/mol. The van der Waals surface area contributed by atoms with E-state index >= 15 is 0 Å². The second kappa shape index (κ2) is 5.78. The van der Waals surface area contributed by atoms with E-state index in [-0.39, 0.29) is 5.69 Å². The molecule has 0 spiro atoms. The summed E-state index contributed by atoms with van der Waals surface area (Å²) < 4.78 is 40.0. The normalized spacial score (nSPS) is 21.4. The van der Waals surface area contributed by atoms with Crippen LogP contribution in [-0.4, -0.2) is 50.2 Å². The maximum Gasteiger partial charge on any atom is 0.418 e. The Labute approximate surface area is 130 Å². The molecule has 3 nitrogen and oxygen atoms in total. The Hall–Kier alpha value is -0.790. The van der Waals surface area contributed by atoms with E-state index in [0.717, 1.165) is 32.2 Å². The fourth-order valence-electron chi connectivity index (χ4n) is 2.94. The molecule has 0 amide bonds. The zero-order valence-corrected chi connectivity index (χ0v) is 13.0. The number of piperazine rings is 1. The first-order valence-corrected chi connectivity index (χ1v) is 7.81. The minimum atomic E-state index is -4.31. The van der Waals surface area contributed by atoms with E-state index in [1.807, 2.05) is 4.90 Å². The lowest BCUT2D eigenvalue weighted by molar-refractivity contribution is -0.137. The zero-order valence-electron chi connectivity index (χ0n) is 11.5. The molecule has 3 rings (SSSR count). The Morgan fingerprint density at radius 3 is 2.43 bits per heavy atom. The van der Waals surface area contributed by atoms with Gasteiger partial charge in [0.15, 0.2) is 0 Å². The molecule has 0 saturated carbocycles. The summed E-state index contributed by atoms with van der Waals surface area (Å²) in [4.78, 5) is 4.18. The molecule has 2 aliphatic heterocycles. The maximum atomic E-state index is 13.1. The third kappa shape index (κ3) is 3.19. The van der Waals surface area contributed by atoms with Crippen molar-refractivity contribution in [2.45, 2.75) is 12.2 Å². The van der Waals surface area contributed by atoms with Gasteiger partial charge in [-0.15, -0.1) is 0 Å². The van der Waals surface area contributed by atoms with Gasteiger partial charge in [-0.1, -0.05) is 15.9 Å². The van der Waals surface area contributed by atoms with Crippen LogP contribution in [-0.2, 0) is 6.18 Å². The molecule has 2 fully saturated rings. The summed E-state index contributed by atoms with van der Waals surface area (Å²) in [6, 6.07) is 4.53. The number of rotatable bonds is 2. The first kappa shape index (κ1) is 15.1. The van der Waals surface area contributed by atoms with Gasteiger partial charge in [0.1, 0.15) is 0 Å². The predicted molar refractivity (Wildman–Crippen MR) is 79.6 cm³/mol. The van der Waals surface area contributed by atoms with Crippen LogP contribution < -0.4 is 10.2 Å². The molecule has 2 saturated heterocycles. The Morgan fingerprint density at radius 1 is 1.14 bits per heavy atom. The molecule has 0 radical (unpaired) electrons. The van der Waals surface area contributed by atoms with E-state index in [0.29, 0.717) is 23.6 Å². The maximum absolute atomic E-state index is 13.1. The predicted octanol–water partition coefficient (Wildman–Crippen LogP) is 2.56. The molecule has 2 aliphatic rings. The highest BCUT2D eigenvalue weighted by molar-refractivity contribution is 9.10. The van der Waals surface area contributed by atoms with Crippen molar-refractivity contribution in [1.29, 1.82) is 0 Å². The van der Waals surface area contributed by atoms with Gasteiger partial charge in [0.25, 0.3) is 0 Å². The van der Waals surface area contributed by atoms with Crippen molar-refractivity contribution in [3.8, 4) is 0 Å². The number of hydrogen-bond acceptors (Lipinski definition) is 3. The van der Waals surface area contributed by atoms with E-state index in [1.165, 1.54) is 6.07 Å². The summed E-state index contributed by atoms with van der Waals surface area (Å²) in [5.74, 6) is 0. The summed E-state index contributed by atoms with van der Waals surface area (Å²) >= 11 is 3.26. The number of benzene rings is 1. The Kier molecular flexibility index (Phi) is 4.16. The van der Waals surface area contributed by atoms with Crippen molar-refractivity contribution in [1.82, 2.24) is 10.2 Å². The molecule has 1 N–H and O–H groups in total. The van der Waals surface area contributed by atoms with Gasteiger partial charge in [0, 0.05) is 49.8 Å². The summed E-state index contributed by atoms with van der Waals surface area (Å²) in [6.07, 6.45) is -4.31. The first-order chi connectivity index (χ1) is 9.95. The lowest BCUT2D eigenvalue weighted by atomic mass is 10.0. The average Bonchev–Trinajstić information content (AvgIpc) is 2.37. The number of hydrogen-bond donors (Lipinski definition) is 1. The molecule has 0 bridgehead atoms. The quantitative estimate of drug-likeness (QED) is 0.871. The highest BCUT2D eigenvalue weighted by Crippen LogP contribution is 2.39. The van der Waals surface area contributed by atoms with Gasteiger partial charge >= 0.3 is 6.18 Å². The van der Waals surface area contributed by atoms with E-state index in [2.05, 4.69) is 26.1 Å². The molecular weight excluding hydrogens is 347 g/mol. The van der Waals surface area contributed by atoms with Crippen LogP contribution in [0.15, 0.2) is 22.7 Å². The van der Waals surface area contributed by atoms with Crippen LogP contribution in [0.25, 0.3) is 0 Å². The second-order valence-electron chi connectivity index (χ2n) is 5.50. The minimum absolute atomic E-state index is 0.281. The lowest BCUT2D eigenvalue weighted by Gasteiger charge is -2.48. The van der Waals surface area contributed by atoms with Crippen molar-refractivity contribution in [3.05, 3.63) is 28.2 Å². The molecule has 0 atom stereocenters. The number of anilines is 1. The van der Waals surface area contributed by atoms with Crippen LogP contribution in [0.2, 0.25) is 0 Å². The SMILES string of the molecule is FC(F)(F)c1ccc(Br)cc1N1CC(N2CCNCC2)C1. The molecule has 116 valence electrons. The zero-order chi connectivity index (χ0) is 15.0. The second-order valence-corrected chi connectivity index (χ2v) is 6.42. The van der Waals surface area contributed by atoms with E-state index in [1.54, 1.807) is 6.07 Å². The fraction of sp³-hybridized carbons (Fsp3) is 0.571. The molecule has 1 aromatic rings. The molecule has 0 aliphatic carbocycles. The summed E-state index contributed by atoms with van der Waals surface area (Å²) in [5.41, 5.74) is -0.271. The molecular formula is C14H17BrF3N3. The number of nitrogens with zero attached hydrogens (tertiary/aromatic N) is 2.